The predicted octanol–water partition coefficient (Wildman–Crippen LogP) is 5.94. The maximum absolute atomic E-state index is 11.2. The standard InChI is InChI=1S/C29H27N5O2/c30-28-26(20-11-13-31-14-12-20)27(21-7-5-18(6-8-21)15-25(35)36)33-29-24(17-32-34(28)29)23-10-9-19-3-1-2-4-22(19)16-23/h1-4,9-14,16-18,21H,5-8,15,30H2,(H,35,36). The van der Waals surface area contributed by atoms with E-state index in [1.54, 1.807) is 16.9 Å². The Balaban J connectivity index is 1.49. The summed E-state index contributed by atoms with van der Waals surface area (Å²) in [6, 6.07) is 18.6. The lowest BCUT2D eigenvalue weighted by molar-refractivity contribution is -0.138. The van der Waals surface area contributed by atoms with Crippen molar-refractivity contribution < 1.29 is 9.90 Å². The van der Waals surface area contributed by atoms with Gasteiger partial charge in [0.15, 0.2) is 5.65 Å². The number of anilines is 1. The Morgan fingerprint density at radius 2 is 1.72 bits per heavy atom. The molecule has 180 valence electrons. The smallest absolute Gasteiger partial charge is 0.303 e. The number of carboxylic acids is 1. The quantitative estimate of drug-likeness (QED) is 0.324. The van der Waals surface area contributed by atoms with Gasteiger partial charge < -0.3 is 10.8 Å². The van der Waals surface area contributed by atoms with Crippen LogP contribution in [-0.4, -0.2) is 30.7 Å². The van der Waals surface area contributed by atoms with E-state index in [9.17, 15) is 9.90 Å². The summed E-state index contributed by atoms with van der Waals surface area (Å²) >= 11 is 0. The van der Waals surface area contributed by atoms with Crippen molar-refractivity contribution in [3.05, 3.63) is 78.9 Å². The highest BCUT2D eigenvalue weighted by Gasteiger charge is 2.29. The molecule has 0 aliphatic heterocycles. The van der Waals surface area contributed by atoms with Crippen LogP contribution >= 0.6 is 0 Å². The van der Waals surface area contributed by atoms with Crippen molar-refractivity contribution in [1.82, 2.24) is 19.6 Å². The van der Waals surface area contributed by atoms with Crippen molar-refractivity contribution in [1.29, 1.82) is 0 Å². The highest BCUT2D eigenvalue weighted by atomic mass is 16.4. The van der Waals surface area contributed by atoms with Gasteiger partial charge in [-0.25, -0.2) is 4.98 Å². The van der Waals surface area contributed by atoms with Crippen LogP contribution < -0.4 is 5.73 Å². The highest BCUT2D eigenvalue weighted by Crippen LogP contribution is 2.43. The summed E-state index contributed by atoms with van der Waals surface area (Å²) in [7, 11) is 0. The number of benzene rings is 2. The van der Waals surface area contributed by atoms with Crippen LogP contribution in [0.5, 0.6) is 0 Å². The fourth-order valence-electron chi connectivity index (χ4n) is 5.59. The van der Waals surface area contributed by atoms with Crippen molar-refractivity contribution in [2.24, 2.45) is 5.92 Å². The molecule has 0 radical (unpaired) electrons. The molecular formula is C29H27N5O2. The normalized spacial score (nSPS) is 18.0. The van der Waals surface area contributed by atoms with E-state index in [0.29, 0.717) is 5.82 Å². The van der Waals surface area contributed by atoms with E-state index >= 15 is 0 Å². The number of carbonyl (C=O) groups is 1. The summed E-state index contributed by atoms with van der Waals surface area (Å²) in [5.41, 5.74) is 12.3. The fraction of sp³-hybridized carbons (Fsp3) is 0.241. The lowest BCUT2D eigenvalue weighted by Crippen LogP contribution is -2.19. The van der Waals surface area contributed by atoms with Crippen molar-refractivity contribution in [2.45, 2.75) is 38.0 Å². The second kappa shape index (κ2) is 9.07. The molecule has 0 unspecified atom stereocenters. The first-order valence-electron chi connectivity index (χ1n) is 12.4. The highest BCUT2D eigenvalue weighted by molar-refractivity contribution is 5.91. The Morgan fingerprint density at radius 3 is 2.47 bits per heavy atom. The first-order valence-corrected chi connectivity index (χ1v) is 12.4. The summed E-state index contributed by atoms with van der Waals surface area (Å²) < 4.78 is 1.74. The van der Waals surface area contributed by atoms with Crippen LogP contribution in [0.25, 0.3) is 38.7 Å². The number of aliphatic carboxylic acids is 1. The molecule has 6 rings (SSSR count). The zero-order valence-electron chi connectivity index (χ0n) is 19.8. The number of rotatable bonds is 5. The summed E-state index contributed by atoms with van der Waals surface area (Å²) in [5.74, 6) is 0.247. The van der Waals surface area contributed by atoms with Gasteiger partial charge in [0.05, 0.1) is 11.9 Å². The van der Waals surface area contributed by atoms with Gasteiger partial charge in [0, 0.05) is 35.9 Å². The van der Waals surface area contributed by atoms with Gasteiger partial charge in [-0.15, -0.1) is 0 Å². The third-order valence-corrected chi connectivity index (χ3v) is 7.44. The first kappa shape index (κ1) is 22.2. The van der Waals surface area contributed by atoms with E-state index in [1.165, 1.54) is 5.39 Å². The molecule has 2 aromatic carbocycles. The van der Waals surface area contributed by atoms with Crippen molar-refractivity contribution in [3.8, 4) is 22.3 Å². The van der Waals surface area contributed by atoms with Gasteiger partial charge in [0.2, 0.25) is 0 Å². The molecule has 1 aliphatic rings. The zero-order chi connectivity index (χ0) is 24.6. The number of nitrogens with two attached hydrogens (primary N) is 1. The fourth-order valence-corrected chi connectivity index (χ4v) is 5.59. The molecule has 0 saturated heterocycles. The molecule has 0 spiro atoms. The Kier molecular flexibility index (Phi) is 5.60. The number of hydrogen-bond donors (Lipinski definition) is 2. The van der Waals surface area contributed by atoms with Gasteiger partial charge >= 0.3 is 5.97 Å². The lowest BCUT2D eigenvalue weighted by atomic mass is 9.77. The number of fused-ring (bicyclic) bond motifs is 2. The minimum atomic E-state index is -0.723. The van der Waals surface area contributed by atoms with Gasteiger partial charge in [-0.1, -0.05) is 36.4 Å². The molecule has 7 nitrogen and oxygen atoms in total. The van der Waals surface area contributed by atoms with Crippen LogP contribution in [-0.2, 0) is 4.79 Å². The summed E-state index contributed by atoms with van der Waals surface area (Å²) in [6.07, 6.45) is 9.11. The number of hydrogen-bond acceptors (Lipinski definition) is 5. The maximum atomic E-state index is 11.2. The number of aromatic nitrogens is 4. The van der Waals surface area contributed by atoms with Gasteiger partial charge in [0.25, 0.3) is 0 Å². The largest absolute Gasteiger partial charge is 0.481 e. The average molecular weight is 478 g/mol. The van der Waals surface area contributed by atoms with Gasteiger partial charge in [-0.05, 0) is 71.7 Å². The summed E-state index contributed by atoms with van der Waals surface area (Å²) in [6.45, 7) is 0. The minimum absolute atomic E-state index is 0.199. The predicted molar refractivity (Wildman–Crippen MR) is 141 cm³/mol. The van der Waals surface area contributed by atoms with Crippen LogP contribution in [0.2, 0.25) is 0 Å². The molecule has 0 atom stereocenters. The number of nitrogens with zero attached hydrogens (tertiary/aromatic N) is 4. The van der Waals surface area contributed by atoms with E-state index in [4.69, 9.17) is 10.7 Å². The number of carboxylic acid groups (broad SMARTS) is 1. The van der Waals surface area contributed by atoms with Crippen LogP contribution in [0, 0.1) is 5.92 Å². The van der Waals surface area contributed by atoms with Gasteiger partial charge in [-0.3, -0.25) is 9.78 Å². The van der Waals surface area contributed by atoms with E-state index in [0.717, 1.165) is 64.7 Å². The topological polar surface area (TPSA) is 106 Å². The molecule has 1 aliphatic carbocycles. The molecule has 7 heteroatoms. The lowest BCUT2D eigenvalue weighted by Gasteiger charge is -2.29. The second-order valence-corrected chi connectivity index (χ2v) is 9.66. The van der Waals surface area contributed by atoms with Crippen LogP contribution in [0.1, 0.15) is 43.7 Å². The Morgan fingerprint density at radius 1 is 0.972 bits per heavy atom. The first-order chi connectivity index (χ1) is 17.6. The van der Waals surface area contributed by atoms with Crippen molar-refractivity contribution in [3.63, 3.8) is 0 Å². The Labute approximate surface area is 208 Å². The monoisotopic (exact) mass is 477 g/mol. The number of pyridine rings is 1. The van der Waals surface area contributed by atoms with Gasteiger partial charge in [-0.2, -0.15) is 9.61 Å². The molecule has 3 N–H and O–H groups in total. The minimum Gasteiger partial charge on any atom is -0.481 e. The van der Waals surface area contributed by atoms with E-state index in [2.05, 4.69) is 40.4 Å². The summed E-state index contributed by atoms with van der Waals surface area (Å²) in [5, 5.41) is 16.2. The average Bonchev–Trinajstić information content (AvgIpc) is 3.33. The van der Waals surface area contributed by atoms with Crippen LogP contribution in [0.3, 0.4) is 0 Å². The number of nitrogen functional groups attached to an aromatic ring is 1. The zero-order valence-corrected chi connectivity index (χ0v) is 19.8. The second-order valence-electron chi connectivity index (χ2n) is 9.66. The maximum Gasteiger partial charge on any atom is 0.303 e. The van der Waals surface area contributed by atoms with Crippen molar-refractivity contribution >= 4 is 28.2 Å². The molecule has 3 aromatic heterocycles. The van der Waals surface area contributed by atoms with E-state index < -0.39 is 5.97 Å². The molecule has 0 bridgehead atoms. The molecule has 36 heavy (non-hydrogen) atoms. The molecule has 1 saturated carbocycles. The van der Waals surface area contributed by atoms with Crippen LogP contribution in [0.4, 0.5) is 5.82 Å². The molecular weight excluding hydrogens is 450 g/mol. The molecule has 0 amide bonds. The third kappa shape index (κ3) is 3.96. The van der Waals surface area contributed by atoms with E-state index in [1.807, 2.05) is 30.5 Å². The SMILES string of the molecule is Nc1c(-c2ccncc2)c(C2CCC(CC(=O)O)CC2)nc2c(-c3ccc4ccccc4c3)cnn12. The van der Waals surface area contributed by atoms with Crippen molar-refractivity contribution in [2.75, 3.05) is 5.73 Å². The molecule has 3 heterocycles. The summed E-state index contributed by atoms with van der Waals surface area (Å²) in [4.78, 5) is 20.6. The Hall–Kier alpha value is -4.26. The third-order valence-electron chi connectivity index (χ3n) is 7.44. The molecule has 1 fully saturated rings. The van der Waals surface area contributed by atoms with E-state index in [-0.39, 0.29) is 18.3 Å². The Bertz CT molecular complexity index is 1570. The van der Waals surface area contributed by atoms with Crippen LogP contribution in [0.15, 0.2) is 73.2 Å². The molecule has 5 aromatic rings. The van der Waals surface area contributed by atoms with Gasteiger partial charge in [0.1, 0.15) is 5.82 Å².